The van der Waals surface area contributed by atoms with E-state index in [-0.39, 0.29) is 6.03 Å². The fourth-order valence-corrected chi connectivity index (χ4v) is 3.42. The summed E-state index contributed by atoms with van der Waals surface area (Å²) in [5.41, 5.74) is 3.32. The van der Waals surface area contributed by atoms with Gasteiger partial charge in [-0.3, -0.25) is 0 Å². The van der Waals surface area contributed by atoms with E-state index in [1.807, 2.05) is 52.9 Å². The molecule has 9 heteroatoms. The van der Waals surface area contributed by atoms with Crippen LogP contribution >= 0.6 is 0 Å². The maximum Gasteiger partial charge on any atom is 0.319 e. The second kappa shape index (κ2) is 7.25. The zero-order valence-corrected chi connectivity index (χ0v) is 16.8. The maximum absolute atomic E-state index is 11.5. The van der Waals surface area contributed by atoms with Gasteiger partial charge in [0, 0.05) is 42.2 Å². The normalized spacial score (nSPS) is 17.1. The summed E-state index contributed by atoms with van der Waals surface area (Å²) < 4.78 is 7.18. The Balaban J connectivity index is 1.58. The molecule has 154 valence electrons. The summed E-state index contributed by atoms with van der Waals surface area (Å²) >= 11 is 0. The number of nitrogens with one attached hydrogen (secondary N) is 3. The molecule has 1 aliphatic carbocycles. The molecule has 0 unspecified atom stereocenters. The van der Waals surface area contributed by atoms with Gasteiger partial charge in [-0.1, -0.05) is 6.07 Å². The molecule has 1 saturated heterocycles. The minimum atomic E-state index is -0.194. The Kier molecular flexibility index (Phi) is 4.42. The summed E-state index contributed by atoms with van der Waals surface area (Å²) in [5, 5.41) is 13.6. The van der Waals surface area contributed by atoms with Crippen LogP contribution in [0.15, 0.2) is 42.2 Å². The number of nitrogens with zero attached hydrogens (tertiary/aromatic N) is 4. The van der Waals surface area contributed by atoms with E-state index in [4.69, 9.17) is 9.72 Å². The van der Waals surface area contributed by atoms with Crippen molar-refractivity contribution in [3.05, 3.63) is 47.8 Å². The topological polar surface area (TPSA) is 95.8 Å². The number of carbonyl (C=O) groups excluding carboxylic acids is 1. The molecule has 3 aromatic rings. The molecule has 2 aromatic heterocycles. The number of hydrogen-bond donors (Lipinski definition) is 3. The molecule has 1 aliphatic heterocycles. The van der Waals surface area contributed by atoms with E-state index in [9.17, 15) is 4.79 Å². The second-order valence-corrected chi connectivity index (χ2v) is 7.49. The van der Waals surface area contributed by atoms with Crippen molar-refractivity contribution in [1.29, 1.82) is 0 Å². The second-order valence-electron chi connectivity index (χ2n) is 7.49. The lowest BCUT2D eigenvalue weighted by atomic mass is 10.2. The van der Waals surface area contributed by atoms with Gasteiger partial charge in [-0.05, 0) is 31.1 Å². The van der Waals surface area contributed by atoms with Gasteiger partial charge in [0.05, 0.1) is 19.9 Å². The Hall–Kier alpha value is -3.75. The molecule has 3 N–H and O–H groups in total. The van der Waals surface area contributed by atoms with Crippen molar-refractivity contribution in [2.45, 2.75) is 18.9 Å². The van der Waals surface area contributed by atoms with Crippen LogP contribution in [0.4, 0.5) is 22.1 Å². The molecule has 1 aromatic carbocycles. The van der Waals surface area contributed by atoms with Gasteiger partial charge >= 0.3 is 6.03 Å². The summed E-state index contributed by atoms with van der Waals surface area (Å²) in [6.45, 7) is 0.465. The molecule has 2 aliphatic rings. The van der Waals surface area contributed by atoms with Crippen molar-refractivity contribution in [2.24, 2.45) is 0 Å². The SMILES string of the molecule is COc1cccc(N(C)c2cc(NC3CC3)n3ncc(/C=C4/CNC(=O)N4)c3n2)c1. The number of hydrogen-bond acceptors (Lipinski definition) is 6. The molecule has 3 heterocycles. The highest BCUT2D eigenvalue weighted by atomic mass is 16.5. The van der Waals surface area contributed by atoms with Crippen LogP contribution in [-0.2, 0) is 0 Å². The van der Waals surface area contributed by atoms with Crippen LogP contribution in [0, 0.1) is 0 Å². The molecular weight excluding hydrogens is 382 g/mol. The van der Waals surface area contributed by atoms with E-state index < -0.39 is 0 Å². The molecule has 1 saturated carbocycles. The Morgan fingerprint density at radius 3 is 2.93 bits per heavy atom. The largest absolute Gasteiger partial charge is 0.497 e. The molecule has 0 atom stereocenters. The van der Waals surface area contributed by atoms with Crippen LogP contribution in [0.3, 0.4) is 0 Å². The van der Waals surface area contributed by atoms with Crippen molar-refractivity contribution in [1.82, 2.24) is 25.2 Å². The van der Waals surface area contributed by atoms with Crippen LogP contribution in [0.5, 0.6) is 5.75 Å². The molecule has 30 heavy (non-hydrogen) atoms. The molecule has 9 nitrogen and oxygen atoms in total. The Labute approximate surface area is 173 Å². The van der Waals surface area contributed by atoms with Crippen molar-refractivity contribution in [3.8, 4) is 5.75 Å². The van der Waals surface area contributed by atoms with Gasteiger partial charge in [-0.2, -0.15) is 9.61 Å². The minimum absolute atomic E-state index is 0.194. The first kappa shape index (κ1) is 18.3. The fourth-order valence-electron chi connectivity index (χ4n) is 3.42. The van der Waals surface area contributed by atoms with Crippen molar-refractivity contribution in [2.75, 3.05) is 30.9 Å². The van der Waals surface area contributed by atoms with Crippen LogP contribution in [0.25, 0.3) is 11.7 Å². The summed E-state index contributed by atoms with van der Waals surface area (Å²) in [7, 11) is 3.63. The lowest BCUT2D eigenvalue weighted by Gasteiger charge is -2.20. The number of aromatic nitrogens is 3. The van der Waals surface area contributed by atoms with Gasteiger partial charge in [0.2, 0.25) is 0 Å². The summed E-state index contributed by atoms with van der Waals surface area (Å²) in [4.78, 5) is 18.4. The van der Waals surface area contributed by atoms with E-state index in [1.165, 1.54) is 0 Å². The third kappa shape index (κ3) is 3.49. The van der Waals surface area contributed by atoms with Gasteiger partial charge in [-0.15, -0.1) is 0 Å². The Morgan fingerprint density at radius 1 is 1.33 bits per heavy atom. The lowest BCUT2D eigenvalue weighted by molar-refractivity contribution is 0.249. The van der Waals surface area contributed by atoms with Crippen LogP contribution in [-0.4, -0.2) is 47.4 Å². The monoisotopic (exact) mass is 405 g/mol. The summed E-state index contributed by atoms with van der Waals surface area (Å²) in [6.07, 6.45) is 5.98. The van der Waals surface area contributed by atoms with E-state index in [0.717, 1.165) is 52.8 Å². The zero-order chi connectivity index (χ0) is 20.7. The van der Waals surface area contributed by atoms with Crippen LogP contribution in [0.2, 0.25) is 0 Å². The minimum Gasteiger partial charge on any atom is -0.497 e. The highest BCUT2D eigenvalue weighted by Gasteiger charge is 2.24. The van der Waals surface area contributed by atoms with Gasteiger partial charge in [-0.25, -0.2) is 9.78 Å². The van der Waals surface area contributed by atoms with Gasteiger partial charge in [0.25, 0.3) is 0 Å². The number of rotatable bonds is 6. The van der Waals surface area contributed by atoms with E-state index in [0.29, 0.717) is 12.6 Å². The highest BCUT2D eigenvalue weighted by Crippen LogP contribution is 2.31. The smallest absolute Gasteiger partial charge is 0.319 e. The van der Waals surface area contributed by atoms with Crippen molar-refractivity contribution >= 4 is 35.1 Å². The molecule has 0 radical (unpaired) electrons. The number of anilines is 3. The zero-order valence-electron chi connectivity index (χ0n) is 16.8. The summed E-state index contributed by atoms with van der Waals surface area (Å²) in [6, 6.07) is 10.1. The lowest BCUT2D eigenvalue weighted by Crippen LogP contribution is -2.19. The third-order valence-electron chi connectivity index (χ3n) is 5.24. The molecule has 2 amide bonds. The van der Waals surface area contributed by atoms with Crippen molar-refractivity contribution < 1.29 is 9.53 Å². The molecule has 0 bridgehead atoms. The fraction of sp³-hybridized carbons (Fsp3) is 0.286. The Bertz CT molecular complexity index is 1150. The maximum atomic E-state index is 11.5. The highest BCUT2D eigenvalue weighted by molar-refractivity contribution is 5.82. The third-order valence-corrected chi connectivity index (χ3v) is 5.24. The average molecular weight is 405 g/mol. The van der Waals surface area contributed by atoms with Crippen molar-refractivity contribution in [3.63, 3.8) is 0 Å². The average Bonchev–Trinajstić information content (AvgIpc) is 3.35. The quantitative estimate of drug-likeness (QED) is 0.584. The van der Waals surface area contributed by atoms with E-state index >= 15 is 0 Å². The number of carbonyl (C=O) groups is 1. The Morgan fingerprint density at radius 2 is 2.20 bits per heavy atom. The number of methoxy groups -OCH3 is 1. The first-order chi connectivity index (χ1) is 14.6. The summed E-state index contributed by atoms with van der Waals surface area (Å²) in [5.74, 6) is 2.47. The van der Waals surface area contributed by atoms with Crippen LogP contribution in [0.1, 0.15) is 18.4 Å². The van der Waals surface area contributed by atoms with Gasteiger partial charge in [0.15, 0.2) is 5.65 Å². The molecule has 2 fully saturated rings. The van der Waals surface area contributed by atoms with Gasteiger partial charge < -0.3 is 25.6 Å². The van der Waals surface area contributed by atoms with E-state index in [1.54, 1.807) is 13.3 Å². The number of amides is 2. The standard InChI is InChI=1S/C21H23N7O2/c1-27(16-4-3-5-17(9-16)30-2)18-10-19(24-14-6-7-14)28-20(26-18)13(11-23-28)8-15-12-22-21(29)25-15/h3-5,8-11,14,24H,6-7,12H2,1-2H3,(H2,22,25,29)/b15-8-. The van der Waals surface area contributed by atoms with Gasteiger partial charge in [0.1, 0.15) is 17.4 Å². The molecule has 5 rings (SSSR count). The molecule has 0 spiro atoms. The first-order valence-electron chi connectivity index (χ1n) is 9.89. The molecular formula is C21H23N7O2. The number of benzene rings is 1. The first-order valence-corrected chi connectivity index (χ1v) is 9.89. The number of ether oxygens (including phenoxy) is 1. The predicted molar refractivity (Wildman–Crippen MR) is 115 cm³/mol. The van der Waals surface area contributed by atoms with Crippen LogP contribution < -0.4 is 25.6 Å². The van der Waals surface area contributed by atoms with E-state index in [2.05, 4.69) is 21.0 Å². The number of fused-ring (bicyclic) bond motifs is 1. The number of urea groups is 1. The predicted octanol–water partition coefficient (Wildman–Crippen LogP) is 2.73.